The van der Waals surface area contributed by atoms with Crippen LogP contribution in [0.3, 0.4) is 0 Å². The molecule has 0 aliphatic carbocycles. The van der Waals surface area contributed by atoms with E-state index in [0.717, 1.165) is 41.1 Å². The zero-order chi connectivity index (χ0) is 12.2. The molecule has 2 aliphatic heterocycles. The van der Waals surface area contributed by atoms with Crippen LogP contribution in [0, 0.1) is 0 Å². The second-order valence-electron chi connectivity index (χ2n) is 4.99. The molecule has 92 valence electrons. The quantitative estimate of drug-likeness (QED) is 0.811. The van der Waals surface area contributed by atoms with Crippen LogP contribution >= 0.6 is 15.9 Å². The maximum Gasteiger partial charge on any atom is 0.226 e. The fourth-order valence-electron chi connectivity index (χ4n) is 2.61. The Kier molecular flexibility index (Phi) is 2.17. The molecule has 0 radical (unpaired) electrons. The van der Waals surface area contributed by atoms with Gasteiger partial charge in [-0.2, -0.15) is 0 Å². The molecule has 0 bridgehead atoms. The molecule has 18 heavy (non-hydrogen) atoms. The maximum absolute atomic E-state index is 5.33. The Bertz CT molecular complexity index is 621. The van der Waals surface area contributed by atoms with Crippen molar-refractivity contribution in [1.82, 2.24) is 9.97 Å². The third-order valence-electron chi connectivity index (χ3n) is 3.89. The third-order valence-corrected chi connectivity index (χ3v) is 4.38. The summed E-state index contributed by atoms with van der Waals surface area (Å²) in [4.78, 5) is 11.4. The van der Waals surface area contributed by atoms with Crippen LogP contribution in [-0.4, -0.2) is 35.3 Å². The van der Waals surface area contributed by atoms with Crippen molar-refractivity contribution in [3.8, 4) is 0 Å². The molecule has 1 aromatic carbocycles. The number of anilines is 1. The van der Waals surface area contributed by atoms with Crippen molar-refractivity contribution < 1.29 is 4.74 Å². The lowest BCUT2D eigenvalue weighted by Crippen LogP contribution is -2.71. The largest absolute Gasteiger partial charge is 0.376 e. The van der Waals surface area contributed by atoms with E-state index in [1.54, 1.807) is 0 Å². The predicted molar refractivity (Wildman–Crippen MR) is 72.8 cm³/mol. The van der Waals surface area contributed by atoms with E-state index in [9.17, 15) is 0 Å². The van der Waals surface area contributed by atoms with Gasteiger partial charge >= 0.3 is 0 Å². The average Bonchev–Trinajstić information content (AvgIpc) is 2.26. The fraction of sp³-hybridized carbons (Fsp3) is 0.385. The third kappa shape index (κ3) is 1.40. The van der Waals surface area contributed by atoms with Crippen molar-refractivity contribution in [2.45, 2.75) is 12.0 Å². The normalized spacial score (nSPS) is 20.8. The van der Waals surface area contributed by atoms with Crippen LogP contribution in [-0.2, 0) is 4.74 Å². The number of hydrogen-bond acceptors (Lipinski definition) is 4. The molecule has 0 N–H and O–H groups in total. The van der Waals surface area contributed by atoms with Crippen molar-refractivity contribution in [2.75, 3.05) is 24.7 Å². The zero-order valence-electron chi connectivity index (χ0n) is 9.77. The average molecular weight is 306 g/mol. The molecule has 0 atom stereocenters. The van der Waals surface area contributed by atoms with E-state index in [1.165, 1.54) is 6.42 Å². The highest BCUT2D eigenvalue weighted by atomic mass is 79.9. The molecule has 3 heterocycles. The molecule has 0 amide bonds. The van der Waals surface area contributed by atoms with Crippen molar-refractivity contribution in [3.05, 3.63) is 28.9 Å². The Labute approximate surface area is 113 Å². The minimum absolute atomic E-state index is 0.197. The molecule has 2 saturated heterocycles. The van der Waals surface area contributed by atoms with Gasteiger partial charge in [0.05, 0.1) is 24.3 Å². The number of aromatic nitrogens is 2. The summed E-state index contributed by atoms with van der Waals surface area (Å²) < 4.78 is 6.39. The van der Waals surface area contributed by atoms with Crippen LogP contribution in [0.5, 0.6) is 0 Å². The van der Waals surface area contributed by atoms with Crippen LogP contribution in [0.2, 0.25) is 0 Å². The lowest BCUT2D eigenvalue weighted by atomic mass is 9.83. The number of nitrogens with zero attached hydrogens (tertiary/aromatic N) is 3. The number of ether oxygens (including phenoxy) is 1. The standard InChI is InChI=1S/C13H12BrN3O/c14-10-1-2-11-9(5-10)6-15-12(16-11)17-4-3-13(17)7-18-8-13/h1-2,5-6H,3-4,7-8H2. The number of hydrogen-bond donors (Lipinski definition) is 0. The van der Waals surface area contributed by atoms with E-state index in [0.29, 0.717) is 0 Å². The Morgan fingerprint density at radius 2 is 2.22 bits per heavy atom. The summed E-state index contributed by atoms with van der Waals surface area (Å²) >= 11 is 3.46. The smallest absolute Gasteiger partial charge is 0.226 e. The first kappa shape index (κ1) is 10.7. The van der Waals surface area contributed by atoms with Crippen molar-refractivity contribution >= 4 is 32.8 Å². The summed E-state index contributed by atoms with van der Waals surface area (Å²) in [6.07, 6.45) is 3.09. The number of rotatable bonds is 1. The number of benzene rings is 1. The van der Waals surface area contributed by atoms with Gasteiger partial charge in [0.15, 0.2) is 0 Å². The molecule has 5 heteroatoms. The molecule has 4 rings (SSSR count). The maximum atomic E-state index is 5.33. The van der Waals surface area contributed by atoms with Gasteiger partial charge in [0.25, 0.3) is 0 Å². The Morgan fingerprint density at radius 3 is 2.89 bits per heavy atom. The summed E-state index contributed by atoms with van der Waals surface area (Å²) in [6, 6.07) is 6.07. The first-order chi connectivity index (χ1) is 8.77. The summed E-state index contributed by atoms with van der Waals surface area (Å²) in [6.45, 7) is 2.66. The molecule has 0 unspecified atom stereocenters. The van der Waals surface area contributed by atoms with Gasteiger partial charge in [-0.1, -0.05) is 15.9 Å². The van der Waals surface area contributed by atoms with Crippen molar-refractivity contribution in [1.29, 1.82) is 0 Å². The second kappa shape index (κ2) is 3.65. The fourth-order valence-corrected chi connectivity index (χ4v) is 2.99. The molecule has 1 aromatic heterocycles. The topological polar surface area (TPSA) is 38.2 Å². The summed E-state index contributed by atoms with van der Waals surface area (Å²) in [5.41, 5.74) is 1.19. The number of halogens is 1. The zero-order valence-corrected chi connectivity index (χ0v) is 11.4. The van der Waals surface area contributed by atoms with Gasteiger partial charge in [0, 0.05) is 22.6 Å². The van der Waals surface area contributed by atoms with Gasteiger partial charge in [0.2, 0.25) is 5.95 Å². The van der Waals surface area contributed by atoms with Crippen molar-refractivity contribution in [2.24, 2.45) is 0 Å². The Balaban J connectivity index is 1.75. The molecule has 1 spiro atoms. The van der Waals surface area contributed by atoms with Gasteiger partial charge in [-0.15, -0.1) is 0 Å². The van der Waals surface area contributed by atoms with E-state index in [2.05, 4.69) is 30.8 Å². The highest BCUT2D eigenvalue weighted by Crippen LogP contribution is 2.39. The number of fused-ring (bicyclic) bond motifs is 1. The molecule has 2 aliphatic rings. The minimum atomic E-state index is 0.197. The van der Waals surface area contributed by atoms with Gasteiger partial charge in [-0.3, -0.25) is 0 Å². The summed E-state index contributed by atoms with van der Waals surface area (Å²) in [5.74, 6) is 0.833. The molecule has 4 nitrogen and oxygen atoms in total. The minimum Gasteiger partial charge on any atom is -0.376 e. The molecule has 0 saturated carbocycles. The Morgan fingerprint density at radius 1 is 1.33 bits per heavy atom. The van der Waals surface area contributed by atoms with Crippen LogP contribution in [0.1, 0.15) is 6.42 Å². The van der Waals surface area contributed by atoms with Gasteiger partial charge in [-0.25, -0.2) is 9.97 Å². The highest BCUT2D eigenvalue weighted by molar-refractivity contribution is 9.10. The molecule has 2 aromatic rings. The van der Waals surface area contributed by atoms with Gasteiger partial charge < -0.3 is 9.64 Å². The van der Waals surface area contributed by atoms with E-state index in [-0.39, 0.29) is 5.54 Å². The predicted octanol–water partition coefficient (Wildman–Crippen LogP) is 2.37. The summed E-state index contributed by atoms with van der Waals surface area (Å²) in [7, 11) is 0. The molecular formula is C13H12BrN3O. The van der Waals surface area contributed by atoms with E-state index < -0.39 is 0 Å². The van der Waals surface area contributed by atoms with E-state index >= 15 is 0 Å². The van der Waals surface area contributed by atoms with Crippen LogP contribution in [0.25, 0.3) is 10.9 Å². The van der Waals surface area contributed by atoms with Gasteiger partial charge in [0.1, 0.15) is 0 Å². The molecule has 2 fully saturated rings. The lowest BCUT2D eigenvalue weighted by molar-refractivity contribution is -0.0855. The van der Waals surface area contributed by atoms with Gasteiger partial charge in [-0.05, 0) is 24.6 Å². The van der Waals surface area contributed by atoms with E-state index in [4.69, 9.17) is 4.74 Å². The van der Waals surface area contributed by atoms with Crippen LogP contribution in [0.15, 0.2) is 28.9 Å². The lowest BCUT2D eigenvalue weighted by Gasteiger charge is -2.57. The molecular weight excluding hydrogens is 294 g/mol. The summed E-state index contributed by atoms with van der Waals surface area (Å²) in [5, 5.41) is 1.06. The first-order valence-corrected chi connectivity index (χ1v) is 6.84. The SMILES string of the molecule is Brc1ccc2nc(N3CCC34COC4)ncc2c1. The second-order valence-corrected chi connectivity index (χ2v) is 5.91. The Hall–Kier alpha value is -1.20. The van der Waals surface area contributed by atoms with E-state index in [1.807, 2.05) is 24.4 Å². The van der Waals surface area contributed by atoms with Crippen LogP contribution < -0.4 is 4.90 Å². The highest BCUT2D eigenvalue weighted by Gasteiger charge is 2.51. The van der Waals surface area contributed by atoms with Crippen LogP contribution in [0.4, 0.5) is 5.95 Å². The van der Waals surface area contributed by atoms with Crippen molar-refractivity contribution in [3.63, 3.8) is 0 Å². The monoisotopic (exact) mass is 305 g/mol. The first-order valence-electron chi connectivity index (χ1n) is 6.05.